The van der Waals surface area contributed by atoms with Crippen LogP contribution in [0.4, 0.5) is 0 Å². The summed E-state index contributed by atoms with van der Waals surface area (Å²) in [6, 6.07) is 14.3. The van der Waals surface area contributed by atoms with Crippen LogP contribution in [0.25, 0.3) is 56.0 Å². The van der Waals surface area contributed by atoms with E-state index in [0.717, 1.165) is 55.0 Å². The van der Waals surface area contributed by atoms with Crippen LogP contribution >= 0.6 is 0 Å². The number of hydrogen-bond acceptors (Lipinski definition) is 2. The summed E-state index contributed by atoms with van der Waals surface area (Å²) in [5.74, 6) is 0. The Morgan fingerprint density at radius 2 is 1.36 bits per heavy atom. The predicted molar refractivity (Wildman–Crippen MR) is 106 cm³/mol. The van der Waals surface area contributed by atoms with E-state index in [4.69, 9.17) is 8.83 Å². The third-order valence-electron chi connectivity index (χ3n) is 4.88. The van der Waals surface area contributed by atoms with Gasteiger partial charge in [-0.3, -0.25) is 0 Å². The van der Waals surface area contributed by atoms with Gasteiger partial charge in [0, 0.05) is 21.5 Å². The van der Waals surface area contributed by atoms with Gasteiger partial charge in [-0.2, -0.15) is 0 Å². The molecule has 0 bridgehead atoms. The highest BCUT2D eigenvalue weighted by atomic mass is 16.4. The molecule has 0 saturated heterocycles. The Balaban J connectivity index is 2.18. The van der Waals surface area contributed by atoms with Crippen molar-refractivity contribution in [2.45, 2.75) is 6.92 Å². The summed E-state index contributed by atoms with van der Waals surface area (Å²) in [7, 11) is 0. The quantitative estimate of drug-likeness (QED) is 0.347. The van der Waals surface area contributed by atoms with E-state index >= 15 is 0 Å². The highest BCUT2D eigenvalue weighted by Crippen LogP contribution is 2.44. The molecule has 2 heteroatoms. The fourth-order valence-electron chi connectivity index (χ4n) is 3.80. The molecule has 5 rings (SSSR count). The number of benzene rings is 3. The molecule has 0 saturated carbocycles. The summed E-state index contributed by atoms with van der Waals surface area (Å²) in [5, 5.41) is 4.21. The molecule has 0 aliphatic heterocycles. The summed E-state index contributed by atoms with van der Waals surface area (Å²) in [6.45, 7) is 10.2. The minimum Gasteiger partial charge on any atom is -0.452 e. The molecule has 3 aromatic carbocycles. The zero-order chi connectivity index (χ0) is 17.1. The van der Waals surface area contributed by atoms with Crippen molar-refractivity contribution in [3.05, 3.63) is 72.3 Å². The average molecular weight is 324 g/mol. The molecule has 0 amide bonds. The van der Waals surface area contributed by atoms with Crippen LogP contribution in [0.3, 0.4) is 0 Å². The lowest BCUT2D eigenvalue weighted by Crippen LogP contribution is -1.85. The molecule has 0 fully saturated rings. The van der Waals surface area contributed by atoms with E-state index in [1.165, 1.54) is 5.56 Å². The van der Waals surface area contributed by atoms with Crippen LogP contribution in [-0.2, 0) is 0 Å². The molecular weight excluding hydrogens is 308 g/mol. The third-order valence-corrected chi connectivity index (χ3v) is 4.88. The van der Waals surface area contributed by atoms with Crippen molar-refractivity contribution in [3.63, 3.8) is 0 Å². The van der Waals surface area contributed by atoms with Gasteiger partial charge < -0.3 is 8.83 Å². The normalized spacial score (nSPS) is 11.7. The largest absolute Gasteiger partial charge is 0.452 e. The Hall–Kier alpha value is -3.26. The van der Waals surface area contributed by atoms with Crippen molar-refractivity contribution in [2.24, 2.45) is 0 Å². The summed E-state index contributed by atoms with van der Waals surface area (Å²) in [6.07, 6.45) is 3.77. The molecule has 5 aromatic rings. The van der Waals surface area contributed by atoms with E-state index in [1.807, 2.05) is 36.4 Å². The van der Waals surface area contributed by atoms with Crippen LogP contribution in [0.1, 0.15) is 16.7 Å². The fraction of sp³-hybridized carbons (Fsp3) is 0.0435. The molecule has 0 unspecified atom stereocenters. The SMILES string of the molecule is C=Cc1c(C=C)c2c3cc(C)ccc3oc2c2oc3ccccc3c12. The van der Waals surface area contributed by atoms with Crippen molar-refractivity contribution in [1.82, 2.24) is 0 Å². The molecular formula is C23H16O2. The molecule has 2 aromatic heterocycles. The first-order chi connectivity index (χ1) is 12.2. The second-order valence-electron chi connectivity index (χ2n) is 6.34. The van der Waals surface area contributed by atoms with Crippen molar-refractivity contribution < 1.29 is 8.83 Å². The minimum atomic E-state index is 0.769. The molecule has 2 nitrogen and oxygen atoms in total. The highest BCUT2D eigenvalue weighted by Gasteiger charge is 2.22. The van der Waals surface area contributed by atoms with Gasteiger partial charge >= 0.3 is 0 Å². The number of fused-ring (bicyclic) bond motifs is 7. The van der Waals surface area contributed by atoms with Crippen molar-refractivity contribution in [1.29, 1.82) is 0 Å². The molecule has 25 heavy (non-hydrogen) atoms. The molecule has 0 spiro atoms. The van der Waals surface area contributed by atoms with E-state index < -0.39 is 0 Å². The maximum absolute atomic E-state index is 6.22. The van der Waals surface area contributed by atoms with Gasteiger partial charge in [0.05, 0.1) is 0 Å². The Bertz CT molecular complexity index is 1330. The summed E-state index contributed by atoms with van der Waals surface area (Å²) in [4.78, 5) is 0. The van der Waals surface area contributed by atoms with E-state index in [-0.39, 0.29) is 0 Å². The minimum absolute atomic E-state index is 0.769. The summed E-state index contributed by atoms with van der Waals surface area (Å²) >= 11 is 0. The Morgan fingerprint density at radius 3 is 2.04 bits per heavy atom. The van der Waals surface area contributed by atoms with Crippen LogP contribution in [0.15, 0.2) is 64.5 Å². The molecule has 0 radical (unpaired) electrons. The van der Waals surface area contributed by atoms with Gasteiger partial charge in [-0.25, -0.2) is 0 Å². The highest BCUT2D eigenvalue weighted by molar-refractivity contribution is 6.24. The molecule has 0 aliphatic carbocycles. The molecule has 2 heterocycles. The van der Waals surface area contributed by atoms with Crippen molar-refractivity contribution in [2.75, 3.05) is 0 Å². The van der Waals surface area contributed by atoms with Gasteiger partial charge in [-0.15, -0.1) is 0 Å². The Kier molecular flexibility index (Phi) is 2.75. The monoisotopic (exact) mass is 324 g/mol. The first kappa shape index (κ1) is 14.1. The predicted octanol–water partition coefficient (Wildman–Crippen LogP) is 7.08. The van der Waals surface area contributed by atoms with E-state index in [9.17, 15) is 0 Å². The van der Waals surface area contributed by atoms with Crippen molar-refractivity contribution >= 4 is 56.0 Å². The average Bonchev–Trinajstić information content (AvgIpc) is 3.19. The van der Waals surface area contributed by atoms with E-state index in [2.05, 4.69) is 38.3 Å². The number of furan rings is 2. The molecule has 120 valence electrons. The maximum atomic E-state index is 6.22. The van der Waals surface area contributed by atoms with Crippen LogP contribution in [0.2, 0.25) is 0 Å². The topological polar surface area (TPSA) is 26.3 Å². The number of aryl methyl sites for hydroxylation is 1. The lowest BCUT2D eigenvalue weighted by molar-refractivity contribution is 0.633. The van der Waals surface area contributed by atoms with Gasteiger partial charge in [-0.05, 0) is 36.2 Å². The molecule has 0 N–H and O–H groups in total. The van der Waals surface area contributed by atoms with Crippen LogP contribution in [0, 0.1) is 6.92 Å². The number of para-hydroxylation sites is 1. The van der Waals surface area contributed by atoms with Crippen LogP contribution < -0.4 is 0 Å². The van der Waals surface area contributed by atoms with E-state index in [1.54, 1.807) is 0 Å². The third kappa shape index (κ3) is 1.74. The molecule has 0 atom stereocenters. The van der Waals surface area contributed by atoms with Crippen LogP contribution in [-0.4, -0.2) is 0 Å². The fourth-order valence-corrected chi connectivity index (χ4v) is 3.80. The number of hydrogen-bond donors (Lipinski definition) is 0. The second kappa shape index (κ2) is 4.87. The number of rotatable bonds is 2. The summed E-state index contributed by atoms with van der Waals surface area (Å²) < 4.78 is 12.4. The van der Waals surface area contributed by atoms with Gasteiger partial charge in [0.25, 0.3) is 0 Å². The van der Waals surface area contributed by atoms with Gasteiger partial charge in [0.2, 0.25) is 0 Å². The first-order valence-electron chi connectivity index (χ1n) is 8.28. The van der Waals surface area contributed by atoms with Gasteiger partial charge in [0.15, 0.2) is 11.2 Å². The standard InChI is InChI=1S/C23H16O2/c1-4-14-15(5-2)21-17-12-13(3)10-11-19(17)25-23(21)22-20(14)16-8-6-7-9-18(16)24-22/h4-12H,1-2H2,3H3. The van der Waals surface area contributed by atoms with Crippen LogP contribution in [0.5, 0.6) is 0 Å². The Morgan fingerprint density at radius 1 is 0.760 bits per heavy atom. The van der Waals surface area contributed by atoms with Gasteiger partial charge in [0.1, 0.15) is 11.2 Å². The maximum Gasteiger partial charge on any atom is 0.179 e. The second-order valence-corrected chi connectivity index (χ2v) is 6.34. The first-order valence-corrected chi connectivity index (χ1v) is 8.28. The zero-order valence-electron chi connectivity index (χ0n) is 13.9. The lowest BCUT2D eigenvalue weighted by Gasteiger charge is -2.05. The zero-order valence-corrected chi connectivity index (χ0v) is 13.9. The van der Waals surface area contributed by atoms with Crippen molar-refractivity contribution in [3.8, 4) is 0 Å². The lowest BCUT2D eigenvalue weighted by atomic mass is 9.95. The Labute approximate surface area is 144 Å². The van der Waals surface area contributed by atoms with E-state index in [0.29, 0.717) is 0 Å². The van der Waals surface area contributed by atoms with Gasteiger partial charge in [-0.1, -0.05) is 55.1 Å². The molecule has 0 aliphatic rings. The summed E-state index contributed by atoms with van der Waals surface area (Å²) in [5.41, 5.74) is 6.50. The smallest absolute Gasteiger partial charge is 0.179 e.